The van der Waals surface area contributed by atoms with E-state index in [1.165, 1.54) is 0 Å². The van der Waals surface area contributed by atoms with E-state index >= 15 is 0 Å². The van der Waals surface area contributed by atoms with Gasteiger partial charge in [0.2, 0.25) is 0 Å². The summed E-state index contributed by atoms with van der Waals surface area (Å²) in [7, 11) is 0. The van der Waals surface area contributed by atoms with E-state index in [1.54, 1.807) is 0 Å². The van der Waals surface area contributed by atoms with E-state index in [0.29, 0.717) is 0 Å². The average Bonchev–Trinajstić information content (AvgIpc) is 1.97. The van der Waals surface area contributed by atoms with E-state index in [4.69, 9.17) is 23.2 Å². The van der Waals surface area contributed by atoms with Crippen molar-refractivity contribution in [2.24, 2.45) is 10.2 Å². The molecule has 0 aliphatic carbocycles. The van der Waals surface area contributed by atoms with Gasteiger partial charge in [-0.05, 0) is 0 Å². The molecule has 6 heteroatoms. The number of phenols is 2. The highest BCUT2D eigenvalue weighted by molar-refractivity contribution is 6.44. The van der Waals surface area contributed by atoms with Gasteiger partial charge in [-0.3, -0.25) is 0 Å². The van der Waals surface area contributed by atoms with Gasteiger partial charge >= 0.3 is 0 Å². The van der Waals surface area contributed by atoms with Crippen molar-refractivity contribution < 1.29 is 10.2 Å². The number of azo groups is 1. The molecule has 2 N–H and O–H groups in total. The largest absolute Gasteiger partial charge is 0.504 e. The third-order valence-electron chi connectivity index (χ3n) is 1.53. The van der Waals surface area contributed by atoms with Gasteiger partial charge in [0.1, 0.15) is 10.0 Å². The summed E-state index contributed by atoms with van der Waals surface area (Å²) in [6.45, 7) is 0. The quantitative estimate of drug-likeness (QED) is 0.648. The van der Waals surface area contributed by atoms with Crippen LogP contribution in [0.1, 0.15) is 0 Å². The SMILES string of the molecule is Oc1c(Cl)c(Cl)c(O)c2c1N=N2. The average molecular weight is 205 g/mol. The van der Waals surface area contributed by atoms with Crippen molar-refractivity contribution in [3.05, 3.63) is 10.0 Å². The minimum atomic E-state index is -0.246. The van der Waals surface area contributed by atoms with Crippen LogP contribution in [0.5, 0.6) is 11.5 Å². The van der Waals surface area contributed by atoms with Crippen LogP contribution in [-0.4, -0.2) is 10.2 Å². The van der Waals surface area contributed by atoms with Crippen LogP contribution in [0, 0.1) is 0 Å². The van der Waals surface area contributed by atoms with Gasteiger partial charge < -0.3 is 10.2 Å². The molecule has 62 valence electrons. The molecule has 0 radical (unpaired) electrons. The molecule has 1 aliphatic rings. The summed E-state index contributed by atoms with van der Waals surface area (Å²) < 4.78 is 0. The van der Waals surface area contributed by atoms with Gasteiger partial charge in [-0.25, -0.2) is 0 Å². The Kier molecular flexibility index (Phi) is 1.43. The molecular formula is C6H2Cl2N2O2. The lowest BCUT2D eigenvalue weighted by molar-refractivity contribution is 0.459. The van der Waals surface area contributed by atoms with Crippen LogP contribution >= 0.6 is 23.2 Å². The Hall–Kier alpha value is -1.00. The zero-order chi connectivity index (χ0) is 8.88. The maximum absolute atomic E-state index is 9.26. The van der Waals surface area contributed by atoms with Crippen molar-refractivity contribution in [1.82, 2.24) is 0 Å². The summed E-state index contributed by atoms with van der Waals surface area (Å²) in [6, 6.07) is 0. The molecule has 0 atom stereocenters. The fourth-order valence-electron chi connectivity index (χ4n) is 0.885. The second-order valence-electron chi connectivity index (χ2n) is 2.22. The maximum atomic E-state index is 9.26. The Balaban J connectivity index is 2.82. The minimum absolute atomic E-state index is 0.105. The number of hydrogen-bond acceptors (Lipinski definition) is 4. The Bertz CT molecular complexity index is 366. The molecule has 1 aromatic carbocycles. The lowest BCUT2D eigenvalue weighted by atomic mass is 10.2. The standard InChI is InChI=1S/C6H2Cl2N2O2/c7-1-2(8)6(12)4-3(5(1)11)9-10-4/h11-12H. The summed E-state index contributed by atoms with van der Waals surface area (Å²) in [5.74, 6) is -0.492. The number of nitrogens with zero attached hydrogens (tertiary/aromatic N) is 2. The molecule has 1 aromatic rings. The number of rotatable bonds is 0. The van der Waals surface area contributed by atoms with E-state index in [0.717, 1.165) is 0 Å². The smallest absolute Gasteiger partial charge is 0.166 e. The number of fused-ring (bicyclic) bond motifs is 1. The second-order valence-corrected chi connectivity index (χ2v) is 2.98. The molecule has 2 rings (SSSR count). The first kappa shape index (κ1) is 7.64. The summed E-state index contributed by atoms with van der Waals surface area (Å²) >= 11 is 11.1. The highest BCUT2D eigenvalue weighted by atomic mass is 35.5. The first-order valence-electron chi connectivity index (χ1n) is 2.97. The number of hydrogen-bond donors (Lipinski definition) is 2. The van der Waals surface area contributed by atoms with Crippen molar-refractivity contribution >= 4 is 34.6 Å². The molecular weight excluding hydrogens is 203 g/mol. The predicted molar refractivity (Wildman–Crippen MR) is 44.0 cm³/mol. The molecule has 4 nitrogen and oxygen atoms in total. The summed E-state index contributed by atoms with van der Waals surface area (Å²) in [5, 5.41) is 25.2. The second kappa shape index (κ2) is 2.24. The van der Waals surface area contributed by atoms with E-state index in [9.17, 15) is 10.2 Å². The highest BCUT2D eigenvalue weighted by Crippen LogP contribution is 2.57. The predicted octanol–water partition coefficient (Wildman–Crippen LogP) is 3.13. The topological polar surface area (TPSA) is 65.2 Å². The summed E-state index contributed by atoms with van der Waals surface area (Å²) in [4.78, 5) is 0. The molecule has 0 aromatic heterocycles. The normalized spacial score (nSPS) is 12.5. The van der Waals surface area contributed by atoms with Crippen LogP contribution in [0.4, 0.5) is 11.4 Å². The van der Waals surface area contributed by atoms with Crippen LogP contribution in [0.2, 0.25) is 10.0 Å². The van der Waals surface area contributed by atoms with E-state index < -0.39 is 0 Å². The van der Waals surface area contributed by atoms with Crippen molar-refractivity contribution in [2.75, 3.05) is 0 Å². The third kappa shape index (κ3) is 0.735. The lowest BCUT2D eigenvalue weighted by Crippen LogP contribution is -1.83. The van der Waals surface area contributed by atoms with Crippen LogP contribution in [-0.2, 0) is 0 Å². The van der Waals surface area contributed by atoms with Gasteiger partial charge in [0.25, 0.3) is 0 Å². The van der Waals surface area contributed by atoms with Crippen molar-refractivity contribution in [3.63, 3.8) is 0 Å². The Morgan fingerprint density at radius 2 is 1.17 bits per heavy atom. The summed E-state index contributed by atoms with van der Waals surface area (Å²) in [5.41, 5.74) is 0.365. The van der Waals surface area contributed by atoms with Crippen LogP contribution in [0.3, 0.4) is 0 Å². The van der Waals surface area contributed by atoms with Crippen molar-refractivity contribution in [2.45, 2.75) is 0 Å². The highest BCUT2D eigenvalue weighted by Gasteiger charge is 2.26. The molecule has 1 aliphatic heterocycles. The summed E-state index contributed by atoms with van der Waals surface area (Å²) in [6.07, 6.45) is 0. The molecule has 0 bridgehead atoms. The van der Waals surface area contributed by atoms with E-state index in [1.807, 2.05) is 0 Å². The Morgan fingerprint density at radius 1 is 0.833 bits per heavy atom. The van der Waals surface area contributed by atoms with E-state index in [2.05, 4.69) is 10.2 Å². The van der Waals surface area contributed by atoms with E-state index in [-0.39, 0.29) is 32.9 Å². The monoisotopic (exact) mass is 204 g/mol. The van der Waals surface area contributed by atoms with Crippen LogP contribution < -0.4 is 0 Å². The lowest BCUT2D eigenvalue weighted by Gasteiger charge is -2.13. The molecule has 12 heavy (non-hydrogen) atoms. The van der Waals surface area contributed by atoms with Gasteiger partial charge in [0.15, 0.2) is 22.9 Å². The van der Waals surface area contributed by atoms with Gasteiger partial charge in [-0.1, -0.05) is 23.2 Å². The molecule has 0 saturated carbocycles. The number of benzene rings is 1. The zero-order valence-electron chi connectivity index (χ0n) is 5.54. The zero-order valence-corrected chi connectivity index (χ0v) is 7.06. The fourth-order valence-corrected chi connectivity index (χ4v) is 1.24. The van der Waals surface area contributed by atoms with Crippen molar-refractivity contribution in [1.29, 1.82) is 0 Å². The first-order chi connectivity index (χ1) is 5.63. The van der Waals surface area contributed by atoms with Crippen LogP contribution in [0.15, 0.2) is 10.2 Å². The molecule has 0 spiro atoms. The molecule has 0 fully saturated rings. The fraction of sp³-hybridized carbons (Fsp3) is 0. The minimum Gasteiger partial charge on any atom is -0.504 e. The molecule has 0 amide bonds. The number of aromatic hydroxyl groups is 2. The van der Waals surface area contributed by atoms with Gasteiger partial charge in [-0.2, -0.15) is 0 Å². The maximum Gasteiger partial charge on any atom is 0.166 e. The van der Waals surface area contributed by atoms with Gasteiger partial charge in [0, 0.05) is 0 Å². The first-order valence-corrected chi connectivity index (χ1v) is 3.73. The molecule has 1 heterocycles. The Morgan fingerprint density at radius 3 is 1.42 bits per heavy atom. The van der Waals surface area contributed by atoms with Gasteiger partial charge in [-0.15, -0.1) is 10.2 Å². The molecule has 0 saturated heterocycles. The van der Waals surface area contributed by atoms with Crippen molar-refractivity contribution in [3.8, 4) is 11.5 Å². The van der Waals surface area contributed by atoms with Gasteiger partial charge in [0.05, 0.1) is 0 Å². The number of phenolic OH excluding ortho intramolecular Hbond substituents is 2. The Labute approximate surface area is 77.1 Å². The third-order valence-corrected chi connectivity index (χ3v) is 2.36. The molecule has 0 unspecified atom stereocenters. The number of halogens is 2. The van der Waals surface area contributed by atoms with Crippen LogP contribution in [0.25, 0.3) is 0 Å².